The van der Waals surface area contributed by atoms with Gasteiger partial charge < -0.3 is 0 Å². The fraction of sp³-hybridized carbons (Fsp3) is 0.263. The summed E-state index contributed by atoms with van der Waals surface area (Å²) in [6.07, 6.45) is 3.02. The number of imidazole rings is 1. The van der Waals surface area contributed by atoms with Crippen LogP contribution >= 0.6 is 0 Å². The van der Waals surface area contributed by atoms with Gasteiger partial charge in [-0.3, -0.25) is 0 Å². The van der Waals surface area contributed by atoms with E-state index in [4.69, 9.17) is 9.72 Å². The predicted octanol–water partition coefficient (Wildman–Crippen LogP) is 15.2. The van der Waals surface area contributed by atoms with E-state index >= 15 is 0 Å². The molecule has 0 spiro atoms. The Balaban J connectivity index is 1.24. The van der Waals surface area contributed by atoms with E-state index in [1.807, 2.05) is 6.20 Å². The number of ether oxygens (including phenoxy) is 1. The van der Waals surface area contributed by atoms with Crippen molar-refractivity contribution in [2.75, 3.05) is 11.4 Å². The third-order valence-corrected chi connectivity index (χ3v) is 14.2. The minimum atomic E-state index is -0.142. The van der Waals surface area contributed by atoms with Gasteiger partial charge >= 0.3 is 343 Å². The molecule has 9 rings (SSSR count). The van der Waals surface area contributed by atoms with Gasteiger partial charge in [-0.15, -0.1) is 0 Å². The molecule has 3 heterocycles. The molecule has 6 heteroatoms. The number of aromatic nitrogens is 3. The molecule has 0 saturated heterocycles. The van der Waals surface area contributed by atoms with Gasteiger partial charge in [0.1, 0.15) is 0 Å². The summed E-state index contributed by atoms with van der Waals surface area (Å²) >= 11 is 2.56. The molecule has 2 aromatic heterocycles. The van der Waals surface area contributed by atoms with E-state index in [-0.39, 0.29) is 10.8 Å². The summed E-state index contributed by atoms with van der Waals surface area (Å²) in [6.45, 7) is 23.7. The second kappa shape index (κ2) is 16.4. The molecule has 5 nitrogen and oxygen atoms in total. The molecule has 1 aliphatic heterocycles. The van der Waals surface area contributed by atoms with Crippen molar-refractivity contribution in [1.82, 2.24) is 14.1 Å². The number of para-hydroxylation sites is 2. The molecule has 0 bridgehead atoms. The number of hydrogen-bond donors (Lipinski definition) is 0. The van der Waals surface area contributed by atoms with Crippen LogP contribution in [-0.4, -0.2) is 20.7 Å². The van der Waals surface area contributed by atoms with Crippen molar-refractivity contribution >= 4 is 22.5 Å². The van der Waals surface area contributed by atoms with E-state index in [1.165, 1.54) is 61.3 Å². The third kappa shape index (κ3) is 7.84. The number of benzene rings is 6. The van der Waals surface area contributed by atoms with Crippen molar-refractivity contribution in [1.29, 1.82) is 0 Å². The molecule has 0 saturated carbocycles. The number of nitrogens with zero attached hydrogens (tertiary/aromatic N) is 4. The summed E-state index contributed by atoms with van der Waals surface area (Å²) < 4.78 is 13.0. The molecule has 0 fully saturated rings. The van der Waals surface area contributed by atoms with Crippen molar-refractivity contribution < 1.29 is 24.1 Å². The summed E-state index contributed by atoms with van der Waals surface area (Å²) in [7, 11) is 0. The van der Waals surface area contributed by atoms with Crippen molar-refractivity contribution in [2.24, 2.45) is 0 Å². The molecule has 0 radical (unpaired) electrons. The summed E-state index contributed by atoms with van der Waals surface area (Å²) in [6, 6.07) is 48.4. The van der Waals surface area contributed by atoms with Crippen LogP contribution in [0.1, 0.15) is 94.2 Å². The molecule has 0 aliphatic carbocycles. The van der Waals surface area contributed by atoms with Crippen LogP contribution < -0.4 is 9.64 Å². The zero-order valence-corrected chi connectivity index (χ0v) is 40.6. The quantitative estimate of drug-likeness (QED) is 0.160. The zero-order chi connectivity index (χ0) is 44.4. The Labute approximate surface area is 384 Å². The van der Waals surface area contributed by atoms with Crippen molar-refractivity contribution in [3.63, 3.8) is 0 Å². The van der Waals surface area contributed by atoms with Gasteiger partial charge in [0.2, 0.25) is 0 Å². The molecular formula is C57H58N4OPt. The van der Waals surface area contributed by atoms with E-state index in [0.717, 1.165) is 56.5 Å². The number of rotatable bonds is 7. The van der Waals surface area contributed by atoms with Gasteiger partial charge in [-0.25, -0.2) is 0 Å². The maximum absolute atomic E-state index is 7.01. The monoisotopic (exact) mass is 1010 g/mol. The van der Waals surface area contributed by atoms with Crippen LogP contribution in [0.2, 0.25) is 0 Å². The summed E-state index contributed by atoms with van der Waals surface area (Å²) in [4.78, 5) is 7.27. The average molecular weight is 1010 g/mol. The normalized spacial score (nSPS) is 14.3. The Hall–Kier alpha value is -5.77. The van der Waals surface area contributed by atoms with Crippen LogP contribution in [0.5, 0.6) is 11.5 Å². The van der Waals surface area contributed by atoms with Crippen LogP contribution in [0.15, 0.2) is 140 Å². The fourth-order valence-electron chi connectivity index (χ4n) is 9.29. The van der Waals surface area contributed by atoms with E-state index in [1.54, 1.807) is 0 Å². The summed E-state index contributed by atoms with van der Waals surface area (Å²) in [5.74, 6) is 3.04. The van der Waals surface area contributed by atoms with Crippen molar-refractivity contribution in [3.8, 4) is 45.1 Å². The first-order valence-electron chi connectivity index (χ1n) is 22.2. The SMILES string of the molecule is Cc1c(C)c(-c2ccccc2)c(-n2[c](=[Pt])n(-c3cc(Oc4ccc5c(c4)N(c4cc(C(C)(C)C)ccn4)CCC5C)cc(C(C)(C)C)c3)c3ccccc32)c(-c2ccccc2)c1C. The molecule has 1 atom stereocenters. The third-order valence-electron chi connectivity index (χ3n) is 13.2. The van der Waals surface area contributed by atoms with Crippen LogP contribution in [-0.2, 0) is 30.2 Å². The molecular weight excluding hydrogens is 952 g/mol. The zero-order valence-electron chi connectivity index (χ0n) is 38.3. The van der Waals surface area contributed by atoms with E-state index in [9.17, 15) is 0 Å². The predicted molar refractivity (Wildman–Crippen MR) is 259 cm³/mol. The Bertz CT molecular complexity index is 3010. The molecule has 1 aliphatic rings. The molecule has 0 amide bonds. The van der Waals surface area contributed by atoms with Crippen molar-refractivity contribution in [3.05, 3.63) is 177 Å². The van der Waals surface area contributed by atoms with Gasteiger partial charge in [0.25, 0.3) is 0 Å². The molecule has 1 unspecified atom stereocenters. The van der Waals surface area contributed by atoms with Crippen molar-refractivity contribution in [2.45, 2.75) is 92.4 Å². The van der Waals surface area contributed by atoms with Crippen LogP contribution in [0.25, 0.3) is 44.7 Å². The van der Waals surface area contributed by atoms with Gasteiger partial charge in [-0.1, -0.05) is 20.8 Å². The van der Waals surface area contributed by atoms with Gasteiger partial charge in [-0.2, -0.15) is 0 Å². The second-order valence-electron chi connectivity index (χ2n) is 19.4. The van der Waals surface area contributed by atoms with Gasteiger partial charge in [0.05, 0.1) is 0 Å². The Morgan fingerprint density at radius 3 is 1.79 bits per heavy atom. The number of hydrogen-bond acceptors (Lipinski definition) is 3. The summed E-state index contributed by atoms with van der Waals surface area (Å²) in [5.41, 5.74) is 18.1. The summed E-state index contributed by atoms with van der Waals surface area (Å²) in [5, 5.41) is 0. The second-order valence-corrected chi connectivity index (χ2v) is 20.4. The number of pyridine rings is 1. The molecule has 63 heavy (non-hydrogen) atoms. The van der Waals surface area contributed by atoms with E-state index in [0.29, 0.717) is 5.92 Å². The maximum atomic E-state index is 7.01. The van der Waals surface area contributed by atoms with Crippen LogP contribution in [0.3, 0.4) is 0 Å². The van der Waals surface area contributed by atoms with Gasteiger partial charge in [0, 0.05) is 6.20 Å². The first-order chi connectivity index (χ1) is 30.1. The van der Waals surface area contributed by atoms with Gasteiger partial charge in [-0.05, 0) is 17.0 Å². The molecule has 6 aromatic carbocycles. The Morgan fingerprint density at radius 1 is 0.603 bits per heavy atom. The molecule has 8 aromatic rings. The minimum absolute atomic E-state index is 0.0267. The standard InChI is InChI=1S/C57H58N4O.Pt/c1-37-28-30-59(52-33-43(27-29-58-52)56(5,6)7)51-35-46(25-26-48(37)51)62-47-32-44(57(8,9)10)31-45(34-47)60-36-61(50-24-18-17-23-49(50)60)55-53(41-19-13-11-14-20-41)39(3)38(2)40(4)54(55)42-21-15-12-16-22-42;/h11-27,29,31-35,37H,28,30H2,1-10H3;. The van der Waals surface area contributed by atoms with Crippen LogP contribution in [0.4, 0.5) is 11.5 Å². The fourth-order valence-corrected chi connectivity index (χ4v) is 10.4. The first-order valence-corrected chi connectivity index (χ1v) is 23.4. The Kier molecular flexibility index (Phi) is 11.1. The van der Waals surface area contributed by atoms with Gasteiger partial charge in [0.15, 0.2) is 0 Å². The number of fused-ring (bicyclic) bond motifs is 2. The molecule has 0 N–H and O–H groups in total. The van der Waals surface area contributed by atoms with Crippen LogP contribution in [0, 0.1) is 24.6 Å². The number of anilines is 2. The Morgan fingerprint density at radius 2 is 1.19 bits per heavy atom. The molecule has 322 valence electrons. The van der Waals surface area contributed by atoms with E-state index in [2.05, 4.69) is 236 Å². The first kappa shape index (κ1) is 42.5. The topological polar surface area (TPSA) is 35.2 Å². The van der Waals surface area contributed by atoms with E-state index < -0.39 is 0 Å². The average Bonchev–Trinajstić information content (AvgIpc) is 3.56.